The number of hydrogen-bond donors (Lipinski definition) is 0. The van der Waals surface area contributed by atoms with Crippen molar-refractivity contribution in [2.24, 2.45) is 5.92 Å². The number of ether oxygens (including phenoxy) is 2. The molecule has 1 heterocycles. The molecule has 70 valence electrons. The van der Waals surface area contributed by atoms with Crippen LogP contribution in [-0.4, -0.2) is 19.0 Å². The molecule has 1 aliphatic rings. The molecule has 0 aliphatic carbocycles. The molecule has 0 amide bonds. The number of terminal acetylenes is 1. The fraction of sp³-hybridized carbons (Fsp3) is 0.545. The predicted molar refractivity (Wildman–Crippen MR) is 50.7 cm³/mol. The maximum absolute atomic E-state index is 5.42. The maximum Gasteiger partial charge on any atom is 0.253 e. The van der Waals surface area contributed by atoms with E-state index < -0.39 is 5.79 Å². The van der Waals surface area contributed by atoms with Gasteiger partial charge in [-0.2, -0.15) is 0 Å². The quantitative estimate of drug-likeness (QED) is 0.483. The van der Waals surface area contributed by atoms with E-state index in [1.807, 2.05) is 0 Å². The topological polar surface area (TPSA) is 18.5 Å². The van der Waals surface area contributed by atoms with E-state index in [4.69, 9.17) is 22.8 Å². The molecule has 0 aromatic carbocycles. The van der Waals surface area contributed by atoms with Crippen LogP contribution in [0.3, 0.4) is 0 Å². The molecule has 0 bridgehead atoms. The van der Waals surface area contributed by atoms with Crippen LogP contribution in [0.25, 0.3) is 0 Å². The minimum Gasteiger partial charge on any atom is -0.336 e. The number of hydrogen-bond acceptors (Lipinski definition) is 2. The van der Waals surface area contributed by atoms with Crippen molar-refractivity contribution >= 4 is 0 Å². The predicted octanol–water partition coefficient (Wildman–Crippen LogP) is 1.66. The zero-order valence-corrected chi connectivity index (χ0v) is 7.66. The van der Waals surface area contributed by atoms with Gasteiger partial charge in [0.1, 0.15) is 0 Å². The van der Waals surface area contributed by atoms with Crippen LogP contribution < -0.4 is 0 Å². The Hall–Kier alpha value is -0.780. The first-order chi connectivity index (χ1) is 6.26. The number of rotatable bonds is 3. The molecule has 1 rings (SSSR count). The zero-order valence-electron chi connectivity index (χ0n) is 7.66. The molecular weight excluding hydrogens is 164 g/mol. The van der Waals surface area contributed by atoms with E-state index in [0.717, 1.165) is 6.42 Å². The molecular formula is C11H14O2. The third kappa shape index (κ3) is 2.33. The first kappa shape index (κ1) is 10.3. The lowest BCUT2D eigenvalue weighted by Gasteiger charge is -2.34. The normalized spacial score (nSPS) is 33.7. The standard InChI is InChI=1S/C11H14O2/c1-4-7-10-8-12-11(5-2,6-3)13-9-10/h1-2,6,10H,3-4,7-9H2. The van der Waals surface area contributed by atoms with Crippen LogP contribution in [0.2, 0.25) is 0 Å². The summed E-state index contributed by atoms with van der Waals surface area (Å²) in [5.74, 6) is 1.78. The van der Waals surface area contributed by atoms with Crippen molar-refractivity contribution in [3.63, 3.8) is 0 Å². The molecule has 0 unspecified atom stereocenters. The fourth-order valence-corrected chi connectivity index (χ4v) is 1.24. The average molecular weight is 178 g/mol. The molecule has 13 heavy (non-hydrogen) atoms. The van der Waals surface area contributed by atoms with Crippen LogP contribution in [0, 0.1) is 25.2 Å². The minimum absolute atomic E-state index is 0.353. The summed E-state index contributed by atoms with van der Waals surface area (Å²) < 4.78 is 10.8. The van der Waals surface area contributed by atoms with E-state index in [0.29, 0.717) is 25.6 Å². The smallest absolute Gasteiger partial charge is 0.253 e. The first-order valence-electron chi connectivity index (χ1n) is 4.35. The van der Waals surface area contributed by atoms with Gasteiger partial charge in [0, 0.05) is 5.92 Å². The Morgan fingerprint density at radius 2 is 2.15 bits per heavy atom. The van der Waals surface area contributed by atoms with E-state index in [9.17, 15) is 0 Å². The summed E-state index contributed by atoms with van der Waals surface area (Å²) >= 11 is 0. The summed E-state index contributed by atoms with van der Waals surface area (Å²) in [4.78, 5) is 0. The lowest BCUT2D eigenvalue weighted by molar-refractivity contribution is -0.220. The van der Waals surface area contributed by atoms with Gasteiger partial charge in [-0.15, -0.1) is 6.42 Å². The average Bonchev–Trinajstić information content (AvgIpc) is 2.20. The van der Waals surface area contributed by atoms with Crippen molar-refractivity contribution in [3.05, 3.63) is 19.6 Å². The molecule has 2 radical (unpaired) electrons. The van der Waals surface area contributed by atoms with Gasteiger partial charge in [0.25, 0.3) is 5.79 Å². The molecule has 2 heteroatoms. The van der Waals surface area contributed by atoms with Crippen molar-refractivity contribution in [2.45, 2.75) is 18.6 Å². The Bertz CT molecular complexity index is 207. The van der Waals surface area contributed by atoms with Crippen LogP contribution in [0.4, 0.5) is 0 Å². The molecule has 2 nitrogen and oxygen atoms in total. The Morgan fingerprint density at radius 3 is 2.54 bits per heavy atom. The van der Waals surface area contributed by atoms with Gasteiger partial charge in [-0.1, -0.05) is 6.58 Å². The second-order valence-corrected chi connectivity index (χ2v) is 3.08. The summed E-state index contributed by atoms with van der Waals surface area (Å²) in [6, 6.07) is 0. The van der Waals surface area contributed by atoms with Crippen LogP contribution in [0.5, 0.6) is 0 Å². The van der Waals surface area contributed by atoms with Crippen LogP contribution in [-0.2, 0) is 9.47 Å². The van der Waals surface area contributed by atoms with Gasteiger partial charge < -0.3 is 9.47 Å². The van der Waals surface area contributed by atoms with Gasteiger partial charge in [-0.3, -0.25) is 0 Å². The van der Waals surface area contributed by atoms with Gasteiger partial charge in [-0.25, -0.2) is 0 Å². The van der Waals surface area contributed by atoms with Gasteiger partial charge >= 0.3 is 0 Å². The SMILES string of the molecule is [CH]CCC1COC(C#C)(C=C)OC1. The minimum atomic E-state index is -1.01. The van der Waals surface area contributed by atoms with Gasteiger partial charge in [0.15, 0.2) is 0 Å². The van der Waals surface area contributed by atoms with Crippen LogP contribution >= 0.6 is 0 Å². The monoisotopic (exact) mass is 178 g/mol. The van der Waals surface area contributed by atoms with E-state index in [2.05, 4.69) is 12.5 Å². The highest BCUT2D eigenvalue weighted by atomic mass is 16.7. The molecule has 0 N–H and O–H groups in total. The molecule has 1 aliphatic heterocycles. The summed E-state index contributed by atoms with van der Waals surface area (Å²) in [5.41, 5.74) is 0. The van der Waals surface area contributed by atoms with E-state index in [-0.39, 0.29) is 0 Å². The molecule has 0 saturated carbocycles. The van der Waals surface area contributed by atoms with E-state index in [1.165, 1.54) is 6.08 Å². The van der Waals surface area contributed by atoms with Crippen LogP contribution in [0.1, 0.15) is 12.8 Å². The molecule has 0 aromatic heterocycles. The van der Waals surface area contributed by atoms with Crippen molar-refractivity contribution in [2.75, 3.05) is 13.2 Å². The fourth-order valence-electron chi connectivity index (χ4n) is 1.24. The molecule has 1 saturated heterocycles. The summed E-state index contributed by atoms with van der Waals surface area (Å²) in [6.07, 6.45) is 8.33. The summed E-state index contributed by atoms with van der Waals surface area (Å²) in [6.45, 7) is 10.2. The Kier molecular flexibility index (Phi) is 3.53. The highest BCUT2D eigenvalue weighted by molar-refractivity contribution is 5.13. The maximum atomic E-state index is 5.42. The van der Waals surface area contributed by atoms with Crippen molar-refractivity contribution in [1.82, 2.24) is 0 Å². The third-order valence-corrected chi connectivity index (χ3v) is 2.11. The molecule has 0 aromatic rings. The highest BCUT2D eigenvalue weighted by Crippen LogP contribution is 2.24. The highest BCUT2D eigenvalue weighted by Gasteiger charge is 2.32. The van der Waals surface area contributed by atoms with Crippen molar-refractivity contribution in [1.29, 1.82) is 0 Å². The van der Waals surface area contributed by atoms with Gasteiger partial charge in [-0.05, 0) is 31.8 Å². The molecule has 1 fully saturated rings. The summed E-state index contributed by atoms with van der Waals surface area (Å²) in [5, 5.41) is 0. The first-order valence-corrected chi connectivity index (χ1v) is 4.35. The second kappa shape index (κ2) is 4.45. The van der Waals surface area contributed by atoms with E-state index >= 15 is 0 Å². The second-order valence-electron chi connectivity index (χ2n) is 3.08. The largest absolute Gasteiger partial charge is 0.336 e. The van der Waals surface area contributed by atoms with Crippen molar-refractivity contribution in [3.8, 4) is 12.3 Å². The van der Waals surface area contributed by atoms with Crippen molar-refractivity contribution < 1.29 is 9.47 Å². The van der Waals surface area contributed by atoms with Crippen LogP contribution in [0.15, 0.2) is 12.7 Å². The lowest BCUT2D eigenvalue weighted by atomic mass is 10.0. The Labute approximate surface area is 79.9 Å². The molecule has 0 atom stereocenters. The zero-order chi connectivity index (χ0) is 9.73. The summed E-state index contributed by atoms with van der Waals surface area (Å²) in [7, 11) is 0. The Balaban J connectivity index is 2.46. The van der Waals surface area contributed by atoms with E-state index in [1.54, 1.807) is 0 Å². The van der Waals surface area contributed by atoms with Gasteiger partial charge in [0.05, 0.1) is 13.2 Å². The Morgan fingerprint density at radius 1 is 1.54 bits per heavy atom. The van der Waals surface area contributed by atoms with Gasteiger partial charge in [0.2, 0.25) is 0 Å². The lowest BCUT2D eigenvalue weighted by Crippen LogP contribution is -2.41. The third-order valence-electron chi connectivity index (χ3n) is 2.11. The molecule has 0 spiro atoms.